The summed E-state index contributed by atoms with van der Waals surface area (Å²) in [4.78, 5) is 0.255. The van der Waals surface area contributed by atoms with Crippen LogP contribution in [0.5, 0.6) is 0 Å². The van der Waals surface area contributed by atoms with Crippen LogP contribution >= 0.6 is 0 Å². The fourth-order valence-corrected chi connectivity index (χ4v) is 3.08. The van der Waals surface area contributed by atoms with Crippen LogP contribution in [-0.2, 0) is 10.0 Å². The first-order valence-electron chi connectivity index (χ1n) is 7.21. The molecule has 0 radical (unpaired) electrons. The van der Waals surface area contributed by atoms with Gasteiger partial charge in [0.1, 0.15) is 6.61 Å². The molecule has 0 spiro atoms. The Morgan fingerprint density at radius 2 is 2.00 bits per heavy atom. The zero-order valence-corrected chi connectivity index (χ0v) is 13.5. The highest BCUT2D eigenvalue weighted by Crippen LogP contribution is 2.15. The van der Waals surface area contributed by atoms with Gasteiger partial charge < -0.3 is 5.11 Å². The van der Waals surface area contributed by atoms with E-state index in [1.165, 1.54) is 0 Å². The molecule has 0 aromatic heterocycles. The average molecular weight is 309 g/mol. The van der Waals surface area contributed by atoms with Crippen LogP contribution in [0.1, 0.15) is 43.7 Å². The zero-order chi connectivity index (χ0) is 15.7. The molecule has 1 aromatic carbocycles. The molecular formula is C16H23NO3S. The summed E-state index contributed by atoms with van der Waals surface area (Å²) in [6, 6.07) is 4.82. The predicted molar refractivity (Wildman–Crippen MR) is 84.5 cm³/mol. The largest absolute Gasteiger partial charge is 0.384 e. The summed E-state index contributed by atoms with van der Waals surface area (Å²) < 4.78 is 26.9. The van der Waals surface area contributed by atoms with Crippen molar-refractivity contribution >= 4 is 10.0 Å². The van der Waals surface area contributed by atoms with Crippen molar-refractivity contribution in [3.8, 4) is 11.8 Å². The van der Waals surface area contributed by atoms with Gasteiger partial charge in [0.25, 0.3) is 0 Å². The summed E-state index contributed by atoms with van der Waals surface area (Å²) in [5.74, 6) is 5.35. The van der Waals surface area contributed by atoms with Crippen LogP contribution in [0.3, 0.4) is 0 Å². The van der Waals surface area contributed by atoms with E-state index in [1.807, 2.05) is 6.92 Å². The molecule has 0 saturated carbocycles. The molecule has 0 unspecified atom stereocenters. The number of sulfonamides is 1. The lowest BCUT2D eigenvalue weighted by Crippen LogP contribution is -2.24. The highest BCUT2D eigenvalue weighted by atomic mass is 32.2. The molecule has 0 bridgehead atoms. The Balaban J connectivity index is 2.73. The summed E-state index contributed by atoms with van der Waals surface area (Å²) >= 11 is 0. The molecule has 1 aromatic rings. The normalized spacial score (nSPS) is 11.0. The predicted octanol–water partition coefficient (Wildman–Crippen LogP) is 2.20. The topological polar surface area (TPSA) is 66.4 Å². The van der Waals surface area contributed by atoms with Gasteiger partial charge in [0.05, 0.1) is 4.90 Å². The molecule has 0 aliphatic carbocycles. The van der Waals surface area contributed by atoms with Crippen molar-refractivity contribution in [3.63, 3.8) is 0 Å². The van der Waals surface area contributed by atoms with Gasteiger partial charge in [-0.2, -0.15) is 0 Å². The van der Waals surface area contributed by atoms with Gasteiger partial charge in [-0.15, -0.1) is 0 Å². The minimum Gasteiger partial charge on any atom is -0.384 e. The Hall–Kier alpha value is -1.35. The molecule has 21 heavy (non-hydrogen) atoms. The summed E-state index contributed by atoms with van der Waals surface area (Å²) in [5.41, 5.74) is 1.51. The Labute approximate surface area is 127 Å². The first-order valence-corrected chi connectivity index (χ1v) is 8.69. The molecule has 2 N–H and O–H groups in total. The molecule has 0 saturated heterocycles. The van der Waals surface area contributed by atoms with Crippen LogP contribution in [0, 0.1) is 18.8 Å². The lowest BCUT2D eigenvalue weighted by Gasteiger charge is -2.08. The third-order valence-electron chi connectivity index (χ3n) is 3.13. The van der Waals surface area contributed by atoms with Gasteiger partial charge >= 0.3 is 0 Å². The van der Waals surface area contributed by atoms with Crippen molar-refractivity contribution in [2.45, 2.75) is 44.4 Å². The molecule has 0 amide bonds. The first kappa shape index (κ1) is 17.7. The molecule has 0 fully saturated rings. The van der Waals surface area contributed by atoms with Gasteiger partial charge in [-0.05, 0) is 37.1 Å². The number of nitrogens with one attached hydrogen (secondary N) is 1. The molecule has 0 heterocycles. The second kappa shape index (κ2) is 8.83. The van der Waals surface area contributed by atoms with Gasteiger partial charge in [0.2, 0.25) is 10.0 Å². The van der Waals surface area contributed by atoms with Crippen LogP contribution < -0.4 is 4.72 Å². The van der Waals surface area contributed by atoms with E-state index in [-0.39, 0.29) is 11.5 Å². The van der Waals surface area contributed by atoms with Gasteiger partial charge in [-0.3, -0.25) is 0 Å². The molecule has 0 aliphatic rings. The van der Waals surface area contributed by atoms with E-state index in [9.17, 15) is 8.42 Å². The molecule has 116 valence electrons. The summed E-state index contributed by atoms with van der Waals surface area (Å²) in [6.07, 6.45) is 4.14. The van der Waals surface area contributed by atoms with Crippen LogP contribution in [0.25, 0.3) is 0 Å². The van der Waals surface area contributed by atoms with E-state index < -0.39 is 10.0 Å². The highest BCUT2D eigenvalue weighted by molar-refractivity contribution is 7.89. The number of aryl methyl sites for hydroxylation is 1. The summed E-state index contributed by atoms with van der Waals surface area (Å²) in [5, 5.41) is 8.68. The van der Waals surface area contributed by atoms with Gasteiger partial charge in [-0.1, -0.05) is 38.0 Å². The number of aliphatic hydroxyl groups is 1. The highest BCUT2D eigenvalue weighted by Gasteiger charge is 2.13. The van der Waals surface area contributed by atoms with E-state index in [4.69, 9.17) is 5.11 Å². The first-order chi connectivity index (χ1) is 10.0. The van der Waals surface area contributed by atoms with Crippen molar-refractivity contribution in [1.82, 2.24) is 4.72 Å². The quantitative estimate of drug-likeness (QED) is 0.599. The summed E-state index contributed by atoms with van der Waals surface area (Å²) in [7, 11) is -3.45. The Bertz CT molecular complexity index is 612. The van der Waals surface area contributed by atoms with Crippen molar-refractivity contribution in [2.75, 3.05) is 13.2 Å². The molecule has 0 atom stereocenters. The van der Waals surface area contributed by atoms with Crippen LogP contribution in [0.15, 0.2) is 23.1 Å². The number of rotatable bonds is 7. The zero-order valence-electron chi connectivity index (χ0n) is 12.6. The minimum atomic E-state index is -3.45. The van der Waals surface area contributed by atoms with Crippen molar-refractivity contribution in [2.24, 2.45) is 0 Å². The third kappa shape index (κ3) is 5.88. The number of benzene rings is 1. The number of aliphatic hydroxyl groups excluding tert-OH is 1. The number of unbranched alkanes of at least 4 members (excludes halogenated alkanes) is 3. The van der Waals surface area contributed by atoms with Crippen LogP contribution in [0.4, 0.5) is 0 Å². The standard InChI is InChI=1S/C16H23NO3S/c1-3-4-5-6-11-17-21(19,20)16-10-9-15(8-7-12-18)14(2)13-16/h9-10,13,17-18H,3-6,11-12H2,1-2H3. The fraction of sp³-hybridized carbons (Fsp3) is 0.500. The second-order valence-electron chi connectivity index (χ2n) is 4.90. The molecule has 0 aliphatic heterocycles. The van der Waals surface area contributed by atoms with Crippen LogP contribution in [0.2, 0.25) is 0 Å². The fourth-order valence-electron chi connectivity index (χ4n) is 1.92. The monoisotopic (exact) mass is 309 g/mol. The maximum atomic E-state index is 12.2. The van der Waals surface area contributed by atoms with Crippen molar-refractivity contribution in [1.29, 1.82) is 0 Å². The molecular weight excluding hydrogens is 286 g/mol. The van der Waals surface area contributed by atoms with E-state index >= 15 is 0 Å². The maximum Gasteiger partial charge on any atom is 0.240 e. The summed E-state index contributed by atoms with van der Waals surface area (Å²) in [6.45, 7) is 4.18. The lowest BCUT2D eigenvalue weighted by atomic mass is 10.1. The van der Waals surface area contributed by atoms with Gasteiger partial charge in [0.15, 0.2) is 0 Å². The van der Waals surface area contributed by atoms with Gasteiger partial charge in [0, 0.05) is 12.1 Å². The number of hydrogen-bond donors (Lipinski definition) is 2. The molecule has 5 heteroatoms. The van der Waals surface area contributed by atoms with E-state index in [0.717, 1.165) is 36.8 Å². The third-order valence-corrected chi connectivity index (χ3v) is 4.59. The number of hydrogen-bond acceptors (Lipinski definition) is 3. The van der Waals surface area contributed by atoms with E-state index in [0.29, 0.717) is 6.54 Å². The minimum absolute atomic E-state index is 0.210. The van der Waals surface area contributed by atoms with Crippen molar-refractivity contribution in [3.05, 3.63) is 29.3 Å². The smallest absolute Gasteiger partial charge is 0.240 e. The molecule has 1 rings (SSSR count). The Kier molecular flexibility index (Phi) is 7.44. The second-order valence-corrected chi connectivity index (χ2v) is 6.66. The average Bonchev–Trinajstić information content (AvgIpc) is 2.45. The van der Waals surface area contributed by atoms with Crippen LogP contribution in [-0.4, -0.2) is 26.7 Å². The maximum absolute atomic E-state index is 12.2. The Morgan fingerprint density at radius 1 is 1.24 bits per heavy atom. The lowest BCUT2D eigenvalue weighted by molar-refractivity contribution is 0.350. The SMILES string of the molecule is CCCCCCNS(=O)(=O)c1ccc(C#CCO)c(C)c1. The van der Waals surface area contributed by atoms with Gasteiger partial charge in [-0.25, -0.2) is 13.1 Å². The molecule has 4 nitrogen and oxygen atoms in total. The Morgan fingerprint density at radius 3 is 2.62 bits per heavy atom. The van der Waals surface area contributed by atoms with E-state index in [2.05, 4.69) is 23.5 Å². The van der Waals surface area contributed by atoms with E-state index in [1.54, 1.807) is 18.2 Å². The van der Waals surface area contributed by atoms with Crippen molar-refractivity contribution < 1.29 is 13.5 Å².